The molecule has 0 spiro atoms. The van der Waals surface area contributed by atoms with Crippen molar-refractivity contribution in [2.45, 2.75) is 13.8 Å². The van der Waals surface area contributed by atoms with E-state index in [2.05, 4.69) is 10.3 Å². The third kappa shape index (κ3) is 3.95. The first-order valence-corrected chi connectivity index (χ1v) is 7.28. The number of hydrogen-bond acceptors (Lipinski definition) is 3. The molecule has 0 aliphatic heterocycles. The third-order valence-electron chi connectivity index (χ3n) is 3.17. The van der Waals surface area contributed by atoms with Crippen molar-refractivity contribution in [1.82, 2.24) is 9.88 Å². The van der Waals surface area contributed by atoms with Gasteiger partial charge in [0.15, 0.2) is 0 Å². The zero-order valence-electron chi connectivity index (χ0n) is 12.1. The summed E-state index contributed by atoms with van der Waals surface area (Å²) in [5.41, 5.74) is 2.25. The minimum absolute atomic E-state index is 0.00717. The van der Waals surface area contributed by atoms with Gasteiger partial charge in [0.2, 0.25) is 0 Å². The van der Waals surface area contributed by atoms with E-state index in [1.165, 1.54) is 0 Å². The molecule has 4 nitrogen and oxygen atoms in total. The van der Waals surface area contributed by atoms with Crippen molar-refractivity contribution in [2.75, 3.05) is 18.4 Å². The van der Waals surface area contributed by atoms with Crippen LogP contribution in [0.15, 0.2) is 42.7 Å². The fourth-order valence-corrected chi connectivity index (χ4v) is 2.14. The van der Waals surface area contributed by atoms with E-state index in [-0.39, 0.29) is 5.91 Å². The third-order valence-corrected chi connectivity index (χ3v) is 3.42. The summed E-state index contributed by atoms with van der Waals surface area (Å²) in [5.74, 6) is -0.00717. The number of carbonyl (C=O) groups excluding carboxylic acids is 1. The summed E-state index contributed by atoms with van der Waals surface area (Å²) in [7, 11) is 0. The van der Waals surface area contributed by atoms with Gasteiger partial charge in [-0.2, -0.15) is 0 Å². The maximum atomic E-state index is 12.3. The van der Waals surface area contributed by atoms with Gasteiger partial charge in [0.25, 0.3) is 5.91 Å². The fraction of sp³-hybridized carbons (Fsp3) is 0.250. The summed E-state index contributed by atoms with van der Waals surface area (Å²) in [6.45, 7) is 5.30. The molecule has 0 atom stereocenters. The normalized spacial score (nSPS) is 10.2. The molecule has 0 aliphatic rings. The van der Waals surface area contributed by atoms with Crippen molar-refractivity contribution in [2.24, 2.45) is 0 Å². The van der Waals surface area contributed by atoms with E-state index in [1.54, 1.807) is 17.3 Å². The summed E-state index contributed by atoms with van der Waals surface area (Å²) >= 11 is 5.86. The molecule has 0 fully saturated rings. The Morgan fingerprint density at radius 3 is 2.43 bits per heavy atom. The summed E-state index contributed by atoms with van der Waals surface area (Å²) in [6.07, 6.45) is 3.28. The number of nitrogens with zero attached hydrogens (tertiary/aromatic N) is 2. The number of carbonyl (C=O) groups is 1. The van der Waals surface area contributed by atoms with Crippen LogP contribution in [0.1, 0.15) is 24.2 Å². The summed E-state index contributed by atoms with van der Waals surface area (Å²) in [4.78, 5) is 18.2. The Hall–Kier alpha value is -2.07. The van der Waals surface area contributed by atoms with Crippen LogP contribution in [0.5, 0.6) is 0 Å². The molecular weight excluding hydrogens is 286 g/mol. The quantitative estimate of drug-likeness (QED) is 0.909. The zero-order valence-corrected chi connectivity index (χ0v) is 12.9. The Morgan fingerprint density at radius 1 is 1.14 bits per heavy atom. The number of pyridine rings is 1. The molecule has 0 saturated heterocycles. The molecule has 2 aromatic rings. The lowest BCUT2D eigenvalue weighted by molar-refractivity contribution is 0.0772. The van der Waals surface area contributed by atoms with Gasteiger partial charge in [0, 0.05) is 30.0 Å². The van der Waals surface area contributed by atoms with E-state index in [4.69, 9.17) is 11.6 Å². The number of aromatic nitrogens is 1. The SMILES string of the molecule is CCN(CC)C(=O)c1cncc(Nc2ccc(Cl)cc2)c1. The predicted octanol–water partition coefficient (Wildman–Crippen LogP) is 3.96. The van der Waals surface area contributed by atoms with Crippen LogP contribution < -0.4 is 5.32 Å². The number of anilines is 2. The number of amides is 1. The average Bonchev–Trinajstić information content (AvgIpc) is 2.51. The number of rotatable bonds is 5. The summed E-state index contributed by atoms with van der Waals surface area (Å²) in [6, 6.07) is 9.18. The van der Waals surface area contributed by atoms with Crippen molar-refractivity contribution in [3.05, 3.63) is 53.3 Å². The van der Waals surface area contributed by atoms with Crippen molar-refractivity contribution in [3.8, 4) is 0 Å². The van der Waals surface area contributed by atoms with Crippen LogP contribution in [0.3, 0.4) is 0 Å². The van der Waals surface area contributed by atoms with Gasteiger partial charge in [-0.3, -0.25) is 9.78 Å². The second-order valence-electron chi connectivity index (χ2n) is 4.57. The number of benzene rings is 1. The Labute approximate surface area is 129 Å². The minimum atomic E-state index is -0.00717. The molecule has 21 heavy (non-hydrogen) atoms. The maximum Gasteiger partial charge on any atom is 0.255 e. The van der Waals surface area contributed by atoms with Gasteiger partial charge < -0.3 is 10.2 Å². The Kier molecular flexibility index (Phi) is 5.17. The van der Waals surface area contributed by atoms with Crippen LogP contribution >= 0.6 is 11.6 Å². The lowest BCUT2D eigenvalue weighted by atomic mass is 10.2. The van der Waals surface area contributed by atoms with Gasteiger partial charge in [-0.1, -0.05) is 11.6 Å². The van der Waals surface area contributed by atoms with Crippen LogP contribution in [0, 0.1) is 0 Å². The van der Waals surface area contributed by atoms with Crippen LogP contribution in [-0.4, -0.2) is 28.9 Å². The van der Waals surface area contributed by atoms with Crippen LogP contribution in [-0.2, 0) is 0 Å². The van der Waals surface area contributed by atoms with Crippen LogP contribution in [0.2, 0.25) is 5.02 Å². The maximum absolute atomic E-state index is 12.3. The van der Waals surface area contributed by atoms with Crippen molar-refractivity contribution >= 4 is 28.9 Å². The van der Waals surface area contributed by atoms with E-state index in [0.29, 0.717) is 23.7 Å². The summed E-state index contributed by atoms with van der Waals surface area (Å²) < 4.78 is 0. The van der Waals surface area contributed by atoms with Crippen molar-refractivity contribution in [1.29, 1.82) is 0 Å². The standard InChI is InChI=1S/C16H18ClN3O/c1-3-20(4-2)16(21)12-9-15(11-18-10-12)19-14-7-5-13(17)6-8-14/h5-11,19H,3-4H2,1-2H3. The van der Waals surface area contributed by atoms with Gasteiger partial charge >= 0.3 is 0 Å². The zero-order chi connectivity index (χ0) is 15.2. The highest BCUT2D eigenvalue weighted by atomic mass is 35.5. The first kappa shape index (κ1) is 15.3. The first-order valence-electron chi connectivity index (χ1n) is 6.91. The van der Waals surface area contributed by atoms with E-state index >= 15 is 0 Å². The number of halogens is 1. The van der Waals surface area contributed by atoms with Gasteiger partial charge in [-0.25, -0.2) is 0 Å². The van der Waals surface area contributed by atoms with Gasteiger partial charge in [0.05, 0.1) is 17.4 Å². The first-order chi connectivity index (χ1) is 10.1. The molecule has 1 N–H and O–H groups in total. The highest BCUT2D eigenvalue weighted by molar-refractivity contribution is 6.30. The van der Waals surface area contributed by atoms with Gasteiger partial charge in [0.1, 0.15) is 0 Å². The van der Waals surface area contributed by atoms with E-state index < -0.39 is 0 Å². The fourth-order valence-electron chi connectivity index (χ4n) is 2.02. The second-order valence-corrected chi connectivity index (χ2v) is 5.01. The van der Waals surface area contributed by atoms with E-state index in [1.807, 2.05) is 44.2 Å². The van der Waals surface area contributed by atoms with E-state index in [0.717, 1.165) is 11.4 Å². The molecule has 0 aliphatic carbocycles. The molecule has 0 radical (unpaired) electrons. The van der Waals surface area contributed by atoms with Crippen LogP contribution in [0.4, 0.5) is 11.4 Å². The van der Waals surface area contributed by atoms with Crippen LogP contribution in [0.25, 0.3) is 0 Å². The molecule has 1 aromatic heterocycles. The largest absolute Gasteiger partial charge is 0.354 e. The van der Waals surface area contributed by atoms with Gasteiger partial charge in [-0.15, -0.1) is 0 Å². The average molecular weight is 304 g/mol. The second kappa shape index (κ2) is 7.09. The highest BCUT2D eigenvalue weighted by Gasteiger charge is 2.13. The van der Waals surface area contributed by atoms with Gasteiger partial charge in [-0.05, 0) is 44.2 Å². The summed E-state index contributed by atoms with van der Waals surface area (Å²) in [5, 5.41) is 3.89. The van der Waals surface area contributed by atoms with Crippen molar-refractivity contribution in [3.63, 3.8) is 0 Å². The molecule has 5 heteroatoms. The molecule has 1 aromatic carbocycles. The molecule has 0 unspecified atom stereocenters. The minimum Gasteiger partial charge on any atom is -0.354 e. The molecule has 2 rings (SSSR count). The lowest BCUT2D eigenvalue weighted by Gasteiger charge is -2.18. The molecular formula is C16H18ClN3O. The Balaban J connectivity index is 2.17. The lowest BCUT2D eigenvalue weighted by Crippen LogP contribution is -2.30. The topological polar surface area (TPSA) is 45.2 Å². The number of nitrogens with one attached hydrogen (secondary N) is 1. The predicted molar refractivity (Wildman–Crippen MR) is 86.2 cm³/mol. The number of hydrogen-bond donors (Lipinski definition) is 1. The monoisotopic (exact) mass is 303 g/mol. The molecule has 1 heterocycles. The molecule has 1 amide bonds. The van der Waals surface area contributed by atoms with Crippen molar-refractivity contribution < 1.29 is 4.79 Å². The molecule has 0 bridgehead atoms. The highest BCUT2D eigenvalue weighted by Crippen LogP contribution is 2.19. The van der Waals surface area contributed by atoms with E-state index in [9.17, 15) is 4.79 Å². The molecule has 0 saturated carbocycles. The Bertz CT molecular complexity index is 609. The molecule has 110 valence electrons. The Morgan fingerprint density at radius 2 is 1.81 bits per heavy atom. The smallest absolute Gasteiger partial charge is 0.255 e.